The van der Waals surface area contributed by atoms with Crippen molar-refractivity contribution in [2.24, 2.45) is 0 Å². The molecule has 1 atom stereocenters. The van der Waals surface area contributed by atoms with E-state index in [1.165, 1.54) is 0 Å². The summed E-state index contributed by atoms with van der Waals surface area (Å²) in [5, 5.41) is 13.9. The lowest BCUT2D eigenvalue weighted by Gasteiger charge is -2.38. The van der Waals surface area contributed by atoms with Gasteiger partial charge in [-0.1, -0.05) is 54.6 Å². The molecule has 0 bridgehead atoms. The number of nitrogens with zero attached hydrogens (tertiary/aromatic N) is 2. The van der Waals surface area contributed by atoms with E-state index in [9.17, 15) is 9.90 Å². The van der Waals surface area contributed by atoms with Crippen molar-refractivity contribution in [1.82, 2.24) is 5.01 Å². The van der Waals surface area contributed by atoms with Crippen molar-refractivity contribution in [3.8, 4) is 0 Å². The zero-order valence-electron chi connectivity index (χ0n) is 12.9. The summed E-state index contributed by atoms with van der Waals surface area (Å²) in [7, 11) is 0. The predicted octanol–water partition coefficient (Wildman–Crippen LogP) is 2.93. The average Bonchev–Trinajstić information content (AvgIpc) is 2.79. The molecule has 118 valence electrons. The highest BCUT2D eigenvalue weighted by atomic mass is 16.3. The van der Waals surface area contributed by atoms with Crippen molar-refractivity contribution in [1.29, 1.82) is 0 Å². The third-order valence-corrected chi connectivity index (χ3v) is 3.95. The molecule has 0 unspecified atom stereocenters. The Morgan fingerprint density at radius 2 is 1.65 bits per heavy atom. The topological polar surface area (TPSA) is 43.8 Å². The number of aliphatic hydroxyl groups excluding tert-OH is 1. The van der Waals surface area contributed by atoms with Crippen LogP contribution >= 0.6 is 0 Å². The second-order valence-electron chi connectivity index (χ2n) is 5.51. The number of ketones is 1. The first-order chi connectivity index (χ1) is 11.3. The molecule has 1 heterocycles. The largest absolute Gasteiger partial charge is 0.394 e. The second kappa shape index (κ2) is 7.22. The fraction of sp³-hybridized carbons (Fsp3) is 0.211. The van der Waals surface area contributed by atoms with Crippen molar-refractivity contribution >= 4 is 11.5 Å². The highest BCUT2D eigenvalue weighted by molar-refractivity contribution is 5.82. The average molecular weight is 308 g/mol. The van der Waals surface area contributed by atoms with E-state index in [0.29, 0.717) is 6.42 Å². The molecule has 1 aliphatic rings. The fourth-order valence-corrected chi connectivity index (χ4v) is 2.81. The molecule has 1 aliphatic heterocycles. The number of hydrogen-bond acceptors (Lipinski definition) is 4. The molecule has 0 fully saturated rings. The summed E-state index contributed by atoms with van der Waals surface area (Å²) in [6.45, 7) is 0.205. The van der Waals surface area contributed by atoms with Gasteiger partial charge in [-0.15, -0.1) is 0 Å². The van der Waals surface area contributed by atoms with Crippen LogP contribution in [-0.4, -0.2) is 29.1 Å². The van der Waals surface area contributed by atoms with Gasteiger partial charge in [-0.2, -0.15) is 5.01 Å². The van der Waals surface area contributed by atoms with Gasteiger partial charge in [0.1, 0.15) is 0 Å². The van der Waals surface area contributed by atoms with Crippen molar-refractivity contribution in [2.75, 3.05) is 18.2 Å². The lowest BCUT2D eigenvalue weighted by molar-refractivity contribution is -0.120. The van der Waals surface area contributed by atoms with E-state index in [2.05, 4.69) is 0 Å². The van der Waals surface area contributed by atoms with Crippen LogP contribution in [0.1, 0.15) is 18.0 Å². The number of hydrogen-bond donors (Lipinski definition) is 1. The van der Waals surface area contributed by atoms with E-state index >= 15 is 0 Å². The summed E-state index contributed by atoms with van der Waals surface area (Å²) < 4.78 is 0. The maximum absolute atomic E-state index is 12.1. The van der Waals surface area contributed by atoms with Crippen molar-refractivity contribution in [2.45, 2.75) is 12.5 Å². The van der Waals surface area contributed by atoms with E-state index in [1.807, 2.05) is 83.0 Å². The van der Waals surface area contributed by atoms with Crippen LogP contribution in [0, 0.1) is 0 Å². The first-order valence-corrected chi connectivity index (χ1v) is 7.74. The Morgan fingerprint density at radius 3 is 2.30 bits per heavy atom. The van der Waals surface area contributed by atoms with Crippen molar-refractivity contribution < 1.29 is 9.90 Å². The molecule has 4 nitrogen and oxygen atoms in total. The zero-order valence-corrected chi connectivity index (χ0v) is 12.9. The molecule has 0 saturated carbocycles. The first kappa shape index (κ1) is 15.5. The summed E-state index contributed by atoms with van der Waals surface area (Å²) >= 11 is 0. The van der Waals surface area contributed by atoms with E-state index in [0.717, 1.165) is 11.3 Å². The Kier molecular flexibility index (Phi) is 4.86. The van der Waals surface area contributed by atoms with E-state index in [4.69, 9.17) is 0 Å². The second-order valence-corrected chi connectivity index (χ2v) is 5.51. The van der Waals surface area contributed by atoms with Crippen molar-refractivity contribution in [3.63, 3.8) is 0 Å². The van der Waals surface area contributed by atoms with Gasteiger partial charge in [0.25, 0.3) is 0 Å². The molecule has 4 heteroatoms. The van der Waals surface area contributed by atoms with Gasteiger partial charge in [0.05, 0.1) is 24.9 Å². The number of anilines is 1. The van der Waals surface area contributed by atoms with Gasteiger partial charge in [0, 0.05) is 12.6 Å². The first-order valence-electron chi connectivity index (χ1n) is 7.74. The van der Waals surface area contributed by atoms with Gasteiger partial charge >= 0.3 is 0 Å². The Hall–Kier alpha value is -2.43. The molecule has 3 rings (SSSR count). The molecule has 2 aromatic rings. The Bertz CT molecular complexity index is 670. The minimum absolute atomic E-state index is 0.0610. The van der Waals surface area contributed by atoms with Crippen LogP contribution in [0.5, 0.6) is 0 Å². The summed E-state index contributed by atoms with van der Waals surface area (Å²) in [5.41, 5.74) is 1.95. The summed E-state index contributed by atoms with van der Waals surface area (Å²) in [6.07, 6.45) is 4.19. The molecule has 2 aromatic carbocycles. The number of hydrazine groups is 1. The van der Waals surface area contributed by atoms with Gasteiger partial charge in [-0.3, -0.25) is 9.80 Å². The quantitative estimate of drug-likeness (QED) is 0.943. The predicted molar refractivity (Wildman–Crippen MR) is 90.7 cm³/mol. The number of benzene rings is 2. The van der Waals surface area contributed by atoms with Gasteiger partial charge < -0.3 is 5.11 Å². The molecule has 0 spiro atoms. The Balaban J connectivity index is 2.00. The van der Waals surface area contributed by atoms with Crippen LogP contribution in [0.15, 0.2) is 72.9 Å². The number of carbonyl (C=O) groups excluding carboxylic acids is 1. The molecular weight excluding hydrogens is 288 g/mol. The summed E-state index contributed by atoms with van der Waals surface area (Å²) in [4.78, 5) is 12.1. The van der Waals surface area contributed by atoms with E-state index in [1.54, 1.807) is 0 Å². The van der Waals surface area contributed by atoms with E-state index in [-0.39, 0.29) is 25.0 Å². The van der Waals surface area contributed by atoms with Crippen LogP contribution in [0.25, 0.3) is 0 Å². The fourth-order valence-electron chi connectivity index (χ4n) is 2.81. The smallest absolute Gasteiger partial charge is 0.152 e. The summed E-state index contributed by atoms with van der Waals surface area (Å²) in [5.74, 6) is 0.133. The van der Waals surface area contributed by atoms with Gasteiger partial charge in [0.2, 0.25) is 0 Å². The minimum Gasteiger partial charge on any atom is -0.394 e. The van der Waals surface area contributed by atoms with Crippen LogP contribution in [0.3, 0.4) is 0 Å². The number of rotatable bonds is 4. The van der Waals surface area contributed by atoms with Crippen LogP contribution in [-0.2, 0) is 4.79 Å². The highest BCUT2D eigenvalue weighted by Gasteiger charge is 2.28. The molecule has 0 aliphatic carbocycles. The van der Waals surface area contributed by atoms with Crippen LogP contribution in [0.4, 0.5) is 5.69 Å². The third kappa shape index (κ3) is 3.50. The molecule has 0 amide bonds. The Labute approximate surface area is 136 Å². The highest BCUT2D eigenvalue weighted by Crippen LogP contribution is 2.28. The number of para-hydroxylation sites is 1. The van der Waals surface area contributed by atoms with E-state index < -0.39 is 0 Å². The molecule has 23 heavy (non-hydrogen) atoms. The lowest BCUT2D eigenvalue weighted by atomic mass is 10.1. The SMILES string of the molecule is O=C1CC=CN(c2ccccc2)N([C@@H](CO)c2ccccc2)C1. The van der Waals surface area contributed by atoms with Crippen LogP contribution in [0.2, 0.25) is 0 Å². The third-order valence-electron chi connectivity index (χ3n) is 3.95. The van der Waals surface area contributed by atoms with Crippen LogP contribution < -0.4 is 5.01 Å². The molecule has 0 radical (unpaired) electrons. The number of carbonyl (C=O) groups is 1. The number of aliphatic hydroxyl groups is 1. The normalized spacial score (nSPS) is 17.1. The lowest BCUT2D eigenvalue weighted by Crippen LogP contribution is -2.45. The minimum atomic E-state index is -0.275. The molecule has 0 aromatic heterocycles. The number of Topliss-reactive ketones (excluding diaryl/α,β-unsaturated/α-hetero) is 1. The van der Waals surface area contributed by atoms with Crippen molar-refractivity contribution in [3.05, 3.63) is 78.5 Å². The monoisotopic (exact) mass is 308 g/mol. The number of allylic oxidation sites excluding steroid dienone is 1. The molecule has 1 N–H and O–H groups in total. The molecular formula is C19H20N2O2. The standard InChI is InChI=1S/C19H20N2O2/c22-15-19(16-8-3-1-4-9-16)21-14-18(23)12-7-13-20(21)17-10-5-2-6-11-17/h1-11,13,19,22H,12,14-15H2/t19-/m0/s1. The summed E-state index contributed by atoms with van der Waals surface area (Å²) in [6, 6.07) is 19.4. The maximum Gasteiger partial charge on any atom is 0.152 e. The molecule has 0 saturated heterocycles. The van der Waals surface area contributed by atoms with Gasteiger partial charge in [0.15, 0.2) is 5.78 Å². The zero-order chi connectivity index (χ0) is 16.1. The maximum atomic E-state index is 12.1. The van der Waals surface area contributed by atoms with Gasteiger partial charge in [-0.05, 0) is 17.7 Å². The van der Waals surface area contributed by atoms with Gasteiger partial charge in [-0.25, -0.2) is 0 Å². The Morgan fingerprint density at radius 1 is 1.00 bits per heavy atom.